The number of hydrogen-bond acceptors (Lipinski definition) is 1. The van der Waals surface area contributed by atoms with Crippen LogP contribution < -0.4 is 5.32 Å². The van der Waals surface area contributed by atoms with Crippen LogP contribution in [0.1, 0.15) is 12.8 Å². The third kappa shape index (κ3) is 5.61. The second-order valence-corrected chi connectivity index (χ2v) is 3.75. The molecule has 0 saturated carbocycles. The summed E-state index contributed by atoms with van der Waals surface area (Å²) in [7, 11) is 1.32. The number of rotatable bonds is 9. The van der Waals surface area contributed by atoms with E-state index in [9.17, 15) is 26.3 Å². The van der Waals surface area contributed by atoms with Crippen LogP contribution in [0.4, 0.5) is 26.3 Å². The molecule has 0 bridgehead atoms. The van der Waals surface area contributed by atoms with Gasteiger partial charge in [0.25, 0.3) is 0 Å². The molecular formula is C10H17F6N. The number of alkyl halides is 6. The minimum absolute atomic E-state index is 0.277. The summed E-state index contributed by atoms with van der Waals surface area (Å²) in [5.41, 5.74) is 0. The van der Waals surface area contributed by atoms with E-state index in [-0.39, 0.29) is 6.42 Å². The average molecular weight is 265 g/mol. The lowest BCUT2D eigenvalue weighted by Gasteiger charge is -2.22. The standard InChI is InChI=1S/C10H17F6N/c1-17-5-7(13)9(15)10(16)8(14)6(12)3-2-4-11/h6-10,17H,2-5H2,1H3. The van der Waals surface area contributed by atoms with E-state index in [4.69, 9.17) is 0 Å². The molecule has 0 aromatic carbocycles. The summed E-state index contributed by atoms with van der Waals surface area (Å²) in [5.74, 6) is 0. The van der Waals surface area contributed by atoms with Crippen LogP contribution >= 0.6 is 0 Å². The van der Waals surface area contributed by atoms with Crippen molar-refractivity contribution in [3.8, 4) is 0 Å². The zero-order chi connectivity index (χ0) is 13.4. The molecule has 0 rings (SSSR count). The lowest BCUT2D eigenvalue weighted by atomic mass is 10.0. The predicted molar refractivity (Wildman–Crippen MR) is 53.6 cm³/mol. The summed E-state index contributed by atoms with van der Waals surface area (Å²) in [6.07, 6.45) is -13.8. The Bertz CT molecular complexity index is 194. The van der Waals surface area contributed by atoms with Gasteiger partial charge in [0, 0.05) is 6.54 Å². The Hall–Kier alpha value is -0.460. The van der Waals surface area contributed by atoms with E-state index in [0.717, 1.165) is 0 Å². The molecule has 0 saturated heterocycles. The van der Waals surface area contributed by atoms with Crippen LogP contribution in [-0.2, 0) is 0 Å². The lowest BCUT2D eigenvalue weighted by molar-refractivity contribution is -0.000489. The van der Waals surface area contributed by atoms with Crippen LogP contribution in [0.25, 0.3) is 0 Å². The molecule has 104 valence electrons. The Labute approximate surface area is 96.6 Å². The predicted octanol–water partition coefficient (Wildman–Crippen LogP) is 2.65. The largest absolute Gasteiger partial charge is 0.317 e. The highest BCUT2D eigenvalue weighted by Gasteiger charge is 2.39. The third-order valence-electron chi connectivity index (χ3n) is 2.31. The molecule has 0 fully saturated rings. The zero-order valence-corrected chi connectivity index (χ0v) is 9.48. The van der Waals surface area contributed by atoms with Crippen molar-refractivity contribution in [1.82, 2.24) is 5.32 Å². The van der Waals surface area contributed by atoms with Gasteiger partial charge in [-0.3, -0.25) is 4.39 Å². The SMILES string of the molecule is CNCC(F)C(F)C(F)C(F)C(F)CCCF. The van der Waals surface area contributed by atoms with Crippen LogP contribution in [0.5, 0.6) is 0 Å². The van der Waals surface area contributed by atoms with Crippen molar-refractivity contribution in [3.63, 3.8) is 0 Å². The Morgan fingerprint density at radius 2 is 1.41 bits per heavy atom. The van der Waals surface area contributed by atoms with Crippen LogP contribution in [-0.4, -0.2) is 51.1 Å². The fourth-order valence-electron chi connectivity index (χ4n) is 1.31. The molecule has 0 aliphatic rings. The maximum absolute atomic E-state index is 13.1. The van der Waals surface area contributed by atoms with E-state index in [1.807, 2.05) is 0 Å². The third-order valence-corrected chi connectivity index (χ3v) is 2.31. The van der Waals surface area contributed by atoms with Gasteiger partial charge in [-0.05, 0) is 19.9 Å². The fourth-order valence-corrected chi connectivity index (χ4v) is 1.31. The molecule has 0 aliphatic carbocycles. The molecule has 0 spiro atoms. The highest BCUT2D eigenvalue weighted by atomic mass is 19.2. The Kier molecular flexibility index (Phi) is 8.37. The molecule has 0 radical (unpaired) electrons. The molecule has 0 aromatic rings. The van der Waals surface area contributed by atoms with Crippen molar-refractivity contribution in [2.75, 3.05) is 20.3 Å². The highest BCUT2D eigenvalue weighted by Crippen LogP contribution is 2.23. The molecule has 0 amide bonds. The zero-order valence-electron chi connectivity index (χ0n) is 9.48. The summed E-state index contributed by atoms with van der Waals surface area (Å²) in [6, 6.07) is 0. The first-order chi connectivity index (χ1) is 7.95. The van der Waals surface area contributed by atoms with Crippen molar-refractivity contribution in [1.29, 1.82) is 0 Å². The first-order valence-electron chi connectivity index (χ1n) is 5.36. The van der Waals surface area contributed by atoms with Gasteiger partial charge >= 0.3 is 0 Å². The van der Waals surface area contributed by atoms with Crippen LogP contribution in [0.15, 0.2) is 0 Å². The fraction of sp³-hybridized carbons (Fsp3) is 1.00. The molecule has 1 nitrogen and oxygen atoms in total. The summed E-state index contributed by atoms with van der Waals surface area (Å²) in [6.45, 7) is -1.36. The minimum atomic E-state index is -2.88. The number of hydrogen-bond donors (Lipinski definition) is 1. The van der Waals surface area contributed by atoms with E-state index in [1.54, 1.807) is 0 Å². The number of halogens is 6. The average Bonchev–Trinajstić information content (AvgIpc) is 2.33. The summed E-state index contributed by atoms with van der Waals surface area (Å²) in [5, 5.41) is 2.26. The first-order valence-corrected chi connectivity index (χ1v) is 5.36. The second kappa shape index (κ2) is 8.60. The maximum atomic E-state index is 13.1. The lowest BCUT2D eigenvalue weighted by Crippen LogP contribution is -2.42. The van der Waals surface area contributed by atoms with Crippen LogP contribution in [0.2, 0.25) is 0 Å². The van der Waals surface area contributed by atoms with E-state index < -0.39 is 50.5 Å². The van der Waals surface area contributed by atoms with E-state index >= 15 is 0 Å². The van der Waals surface area contributed by atoms with E-state index in [1.165, 1.54) is 7.05 Å². The Morgan fingerprint density at radius 3 is 1.88 bits per heavy atom. The molecule has 1 N–H and O–H groups in total. The molecule has 0 aromatic heterocycles. The van der Waals surface area contributed by atoms with Crippen molar-refractivity contribution in [2.24, 2.45) is 0 Å². The van der Waals surface area contributed by atoms with Gasteiger partial charge in [-0.15, -0.1) is 0 Å². The van der Waals surface area contributed by atoms with Crippen molar-refractivity contribution >= 4 is 0 Å². The molecule has 7 heteroatoms. The highest BCUT2D eigenvalue weighted by molar-refractivity contribution is 4.86. The quantitative estimate of drug-likeness (QED) is 0.632. The molecule has 0 heterocycles. The van der Waals surface area contributed by atoms with Crippen LogP contribution in [0, 0.1) is 0 Å². The molecule has 5 unspecified atom stereocenters. The molecular weight excluding hydrogens is 248 g/mol. The van der Waals surface area contributed by atoms with Crippen molar-refractivity contribution < 1.29 is 26.3 Å². The van der Waals surface area contributed by atoms with E-state index in [0.29, 0.717) is 0 Å². The normalized spacial score (nSPS) is 20.6. The van der Waals surface area contributed by atoms with Gasteiger partial charge in [0.05, 0.1) is 6.67 Å². The Balaban J connectivity index is 4.21. The molecule has 0 aliphatic heterocycles. The molecule has 5 atom stereocenters. The van der Waals surface area contributed by atoms with Gasteiger partial charge in [-0.25, -0.2) is 22.0 Å². The number of nitrogens with one attached hydrogen (secondary N) is 1. The summed E-state index contributed by atoms with van der Waals surface area (Å²) < 4.78 is 76.7. The second-order valence-electron chi connectivity index (χ2n) is 3.75. The van der Waals surface area contributed by atoms with Gasteiger partial charge < -0.3 is 5.32 Å². The molecule has 17 heavy (non-hydrogen) atoms. The first kappa shape index (κ1) is 16.5. The minimum Gasteiger partial charge on any atom is -0.317 e. The van der Waals surface area contributed by atoms with E-state index in [2.05, 4.69) is 5.32 Å². The Morgan fingerprint density at radius 1 is 0.882 bits per heavy atom. The van der Waals surface area contributed by atoms with Gasteiger partial charge in [-0.1, -0.05) is 0 Å². The summed E-state index contributed by atoms with van der Waals surface area (Å²) in [4.78, 5) is 0. The summed E-state index contributed by atoms with van der Waals surface area (Å²) >= 11 is 0. The van der Waals surface area contributed by atoms with Crippen molar-refractivity contribution in [2.45, 2.75) is 43.7 Å². The van der Waals surface area contributed by atoms with Crippen molar-refractivity contribution in [3.05, 3.63) is 0 Å². The van der Waals surface area contributed by atoms with Gasteiger partial charge in [0.15, 0.2) is 18.5 Å². The maximum Gasteiger partial charge on any atom is 0.168 e. The topological polar surface area (TPSA) is 12.0 Å². The van der Waals surface area contributed by atoms with Gasteiger partial charge in [0.1, 0.15) is 12.3 Å². The monoisotopic (exact) mass is 265 g/mol. The van der Waals surface area contributed by atoms with Crippen LogP contribution in [0.3, 0.4) is 0 Å². The van der Waals surface area contributed by atoms with Gasteiger partial charge in [0.2, 0.25) is 0 Å². The smallest absolute Gasteiger partial charge is 0.168 e. The van der Waals surface area contributed by atoms with Gasteiger partial charge in [-0.2, -0.15) is 0 Å².